The van der Waals surface area contributed by atoms with E-state index in [2.05, 4.69) is 23.1 Å². The van der Waals surface area contributed by atoms with Gasteiger partial charge in [-0.1, -0.05) is 30.3 Å². The van der Waals surface area contributed by atoms with E-state index in [1.54, 1.807) is 12.1 Å². The molecule has 0 spiro atoms. The standard InChI is InChI=1S/C19H22N2O4/c1-25-19-12-14(6-8-18(19)21(23)24)13-20(10-11-22)17-9-7-15-4-2-3-5-16(15)17/h2-6,8,12,17,22H,7,9-11,13H2,1H3. The van der Waals surface area contributed by atoms with Crippen LogP contribution in [0, 0.1) is 10.1 Å². The molecular weight excluding hydrogens is 320 g/mol. The van der Waals surface area contributed by atoms with Crippen molar-refractivity contribution in [3.63, 3.8) is 0 Å². The lowest BCUT2D eigenvalue weighted by molar-refractivity contribution is -0.385. The van der Waals surface area contributed by atoms with Crippen molar-refractivity contribution in [2.45, 2.75) is 25.4 Å². The van der Waals surface area contributed by atoms with Gasteiger partial charge in [0.1, 0.15) is 0 Å². The van der Waals surface area contributed by atoms with Crippen molar-refractivity contribution in [1.29, 1.82) is 0 Å². The Bertz CT molecular complexity index is 763. The van der Waals surface area contributed by atoms with Crippen molar-refractivity contribution in [2.24, 2.45) is 0 Å². The first-order valence-corrected chi connectivity index (χ1v) is 8.38. The Morgan fingerprint density at radius 2 is 2.12 bits per heavy atom. The normalized spacial score (nSPS) is 16.0. The van der Waals surface area contributed by atoms with E-state index in [9.17, 15) is 15.2 Å². The van der Waals surface area contributed by atoms with Crippen molar-refractivity contribution in [3.8, 4) is 5.75 Å². The lowest BCUT2D eigenvalue weighted by Gasteiger charge is -2.29. The minimum atomic E-state index is -0.443. The lowest BCUT2D eigenvalue weighted by atomic mass is 10.1. The van der Waals surface area contributed by atoms with Crippen LogP contribution < -0.4 is 4.74 Å². The van der Waals surface area contributed by atoms with Gasteiger partial charge in [-0.3, -0.25) is 15.0 Å². The van der Waals surface area contributed by atoms with E-state index in [0.29, 0.717) is 13.1 Å². The maximum atomic E-state index is 11.0. The average Bonchev–Trinajstić information content (AvgIpc) is 3.05. The van der Waals surface area contributed by atoms with Crippen LogP contribution in [0.5, 0.6) is 5.75 Å². The molecule has 0 saturated carbocycles. The third kappa shape index (κ3) is 3.65. The van der Waals surface area contributed by atoms with Crippen LogP contribution in [0.2, 0.25) is 0 Å². The summed E-state index contributed by atoms with van der Waals surface area (Å²) in [4.78, 5) is 12.8. The van der Waals surface area contributed by atoms with Crippen molar-refractivity contribution < 1.29 is 14.8 Å². The molecule has 0 bridgehead atoms. The van der Waals surface area contributed by atoms with E-state index < -0.39 is 4.92 Å². The molecule has 0 amide bonds. The van der Waals surface area contributed by atoms with Gasteiger partial charge in [0.2, 0.25) is 0 Å². The molecule has 1 unspecified atom stereocenters. The molecule has 0 fully saturated rings. The number of nitro groups is 1. The Morgan fingerprint density at radius 1 is 1.32 bits per heavy atom. The van der Waals surface area contributed by atoms with E-state index in [0.717, 1.165) is 18.4 Å². The first-order chi connectivity index (χ1) is 12.1. The number of ether oxygens (including phenoxy) is 1. The summed E-state index contributed by atoms with van der Waals surface area (Å²) in [6.45, 7) is 1.23. The van der Waals surface area contributed by atoms with Gasteiger partial charge >= 0.3 is 5.69 Å². The molecule has 2 aromatic rings. The molecule has 0 aliphatic heterocycles. The number of nitrogens with zero attached hydrogens (tertiary/aromatic N) is 2. The average molecular weight is 342 g/mol. The zero-order valence-electron chi connectivity index (χ0n) is 14.2. The van der Waals surface area contributed by atoms with E-state index in [1.165, 1.54) is 24.3 Å². The first kappa shape index (κ1) is 17.4. The highest BCUT2D eigenvalue weighted by atomic mass is 16.6. The fourth-order valence-electron chi connectivity index (χ4n) is 3.59. The van der Waals surface area contributed by atoms with E-state index >= 15 is 0 Å². The minimum absolute atomic E-state index is 0.0360. The second kappa shape index (κ2) is 7.63. The topological polar surface area (TPSA) is 75.8 Å². The van der Waals surface area contributed by atoms with Gasteiger partial charge in [-0.05, 0) is 35.6 Å². The second-order valence-corrected chi connectivity index (χ2v) is 6.21. The maximum Gasteiger partial charge on any atom is 0.310 e. The van der Waals surface area contributed by atoms with Crippen molar-refractivity contribution in [2.75, 3.05) is 20.3 Å². The van der Waals surface area contributed by atoms with Crippen molar-refractivity contribution >= 4 is 5.69 Å². The van der Waals surface area contributed by atoms with Gasteiger partial charge in [-0.15, -0.1) is 0 Å². The Morgan fingerprint density at radius 3 is 2.84 bits per heavy atom. The summed E-state index contributed by atoms with van der Waals surface area (Å²) in [6.07, 6.45) is 2.05. The molecule has 0 saturated heterocycles. The van der Waals surface area contributed by atoms with Crippen molar-refractivity contribution in [3.05, 3.63) is 69.3 Å². The zero-order chi connectivity index (χ0) is 17.8. The summed E-state index contributed by atoms with van der Waals surface area (Å²) >= 11 is 0. The van der Waals surface area contributed by atoms with Gasteiger partial charge in [0, 0.05) is 25.2 Å². The minimum Gasteiger partial charge on any atom is -0.490 e. The number of aliphatic hydroxyl groups is 1. The molecule has 6 nitrogen and oxygen atoms in total. The Labute approximate surface area is 146 Å². The predicted molar refractivity (Wildman–Crippen MR) is 94.6 cm³/mol. The number of fused-ring (bicyclic) bond motifs is 1. The van der Waals surface area contributed by atoms with E-state index in [-0.39, 0.29) is 24.1 Å². The summed E-state index contributed by atoms with van der Waals surface area (Å²) in [7, 11) is 1.44. The molecule has 1 atom stereocenters. The molecule has 1 aliphatic rings. The summed E-state index contributed by atoms with van der Waals surface area (Å²) < 4.78 is 5.16. The number of benzene rings is 2. The van der Waals surface area contributed by atoms with Gasteiger partial charge in [-0.25, -0.2) is 0 Å². The predicted octanol–water partition coefficient (Wildman–Crippen LogP) is 3.09. The molecule has 3 rings (SSSR count). The molecule has 0 aromatic heterocycles. The molecule has 25 heavy (non-hydrogen) atoms. The van der Waals surface area contributed by atoms with Crippen LogP contribution in [0.4, 0.5) is 5.69 Å². The SMILES string of the molecule is COc1cc(CN(CCO)C2CCc3ccccc32)ccc1[N+](=O)[O-]. The molecular formula is C19H22N2O4. The Balaban J connectivity index is 1.85. The number of aryl methyl sites for hydroxylation is 1. The third-order valence-electron chi connectivity index (χ3n) is 4.76. The number of aliphatic hydroxyl groups excluding tert-OH is 1. The number of methoxy groups -OCH3 is 1. The van der Waals surface area contributed by atoms with Crippen LogP contribution in [-0.4, -0.2) is 35.2 Å². The highest BCUT2D eigenvalue weighted by molar-refractivity contribution is 5.48. The van der Waals surface area contributed by atoms with Gasteiger partial charge in [0.05, 0.1) is 18.6 Å². The van der Waals surface area contributed by atoms with Crippen LogP contribution in [0.1, 0.15) is 29.2 Å². The Hall–Kier alpha value is -2.44. The highest BCUT2D eigenvalue weighted by Gasteiger charge is 2.27. The van der Waals surface area contributed by atoms with Crippen molar-refractivity contribution in [1.82, 2.24) is 4.90 Å². The smallest absolute Gasteiger partial charge is 0.310 e. The fraction of sp³-hybridized carbons (Fsp3) is 0.368. The van der Waals surface area contributed by atoms with Gasteiger partial charge < -0.3 is 9.84 Å². The molecule has 1 aliphatic carbocycles. The number of nitro benzene ring substituents is 1. The van der Waals surface area contributed by atoms with Crippen LogP contribution in [0.3, 0.4) is 0 Å². The quantitative estimate of drug-likeness (QED) is 0.618. The second-order valence-electron chi connectivity index (χ2n) is 6.21. The maximum absolute atomic E-state index is 11.0. The molecule has 132 valence electrons. The lowest BCUT2D eigenvalue weighted by Crippen LogP contribution is -2.30. The molecule has 0 radical (unpaired) electrons. The van der Waals surface area contributed by atoms with Gasteiger partial charge in [-0.2, -0.15) is 0 Å². The van der Waals surface area contributed by atoms with Crippen LogP contribution in [-0.2, 0) is 13.0 Å². The largest absolute Gasteiger partial charge is 0.490 e. The third-order valence-corrected chi connectivity index (χ3v) is 4.76. The molecule has 0 heterocycles. The monoisotopic (exact) mass is 342 g/mol. The van der Waals surface area contributed by atoms with Gasteiger partial charge in [0.25, 0.3) is 0 Å². The fourth-order valence-corrected chi connectivity index (χ4v) is 3.59. The van der Waals surface area contributed by atoms with E-state index in [4.69, 9.17) is 4.74 Å². The number of rotatable bonds is 7. The summed E-state index contributed by atoms with van der Waals surface area (Å²) in [5, 5.41) is 20.5. The molecule has 6 heteroatoms. The van der Waals surface area contributed by atoms with Crippen LogP contribution in [0.15, 0.2) is 42.5 Å². The number of hydrogen-bond donors (Lipinski definition) is 1. The zero-order valence-corrected chi connectivity index (χ0v) is 14.2. The van der Waals surface area contributed by atoms with E-state index in [1.807, 2.05) is 6.07 Å². The van der Waals surface area contributed by atoms with Crippen LogP contribution in [0.25, 0.3) is 0 Å². The number of hydrogen-bond acceptors (Lipinski definition) is 5. The Kier molecular flexibility index (Phi) is 5.31. The summed E-state index contributed by atoms with van der Waals surface area (Å²) in [5.74, 6) is 0.262. The highest BCUT2D eigenvalue weighted by Crippen LogP contribution is 2.37. The first-order valence-electron chi connectivity index (χ1n) is 8.38. The molecule has 2 aromatic carbocycles. The van der Waals surface area contributed by atoms with Gasteiger partial charge in [0.15, 0.2) is 5.75 Å². The summed E-state index contributed by atoms with van der Waals surface area (Å²) in [6, 6.07) is 13.6. The van der Waals surface area contributed by atoms with Crippen LogP contribution >= 0.6 is 0 Å². The molecule has 1 N–H and O–H groups in total. The summed E-state index contributed by atoms with van der Waals surface area (Å²) in [5.41, 5.74) is 3.56.